The summed E-state index contributed by atoms with van der Waals surface area (Å²) in [6.07, 6.45) is 6.37. The Labute approximate surface area is 121 Å². The van der Waals surface area contributed by atoms with Crippen LogP contribution in [-0.2, 0) is 9.59 Å². The van der Waals surface area contributed by atoms with Crippen LogP contribution in [0.1, 0.15) is 35.7 Å². The molecule has 0 bridgehead atoms. The van der Waals surface area contributed by atoms with E-state index in [1.165, 1.54) is 11.3 Å². The standard InChI is InChI=1S/C14H18N2O3S/c1-8-7-15-13(20-8)9(2)16-12(17)10-5-3-4-6-11(10)14(18)19/h3-4,7,9-11H,5-6H2,1-2H3,(H,16,17)(H,18,19)/t9?,10-,11+/m1/s1. The van der Waals surface area contributed by atoms with E-state index in [9.17, 15) is 14.7 Å². The highest BCUT2D eigenvalue weighted by atomic mass is 32.1. The number of carboxylic acids is 1. The van der Waals surface area contributed by atoms with Gasteiger partial charge in [0.25, 0.3) is 0 Å². The summed E-state index contributed by atoms with van der Waals surface area (Å²) in [5, 5.41) is 12.9. The van der Waals surface area contributed by atoms with Crippen LogP contribution in [0.3, 0.4) is 0 Å². The van der Waals surface area contributed by atoms with Crippen LogP contribution in [0.5, 0.6) is 0 Å². The van der Waals surface area contributed by atoms with E-state index in [2.05, 4.69) is 10.3 Å². The van der Waals surface area contributed by atoms with Crippen LogP contribution in [0, 0.1) is 18.8 Å². The van der Waals surface area contributed by atoms with Crippen LogP contribution in [0.15, 0.2) is 18.3 Å². The van der Waals surface area contributed by atoms with Gasteiger partial charge in [0.15, 0.2) is 0 Å². The molecule has 0 fully saturated rings. The first kappa shape index (κ1) is 14.7. The molecule has 1 aliphatic rings. The van der Waals surface area contributed by atoms with E-state index in [1.54, 1.807) is 6.20 Å². The van der Waals surface area contributed by atoms with Gasteiger partial charge in [-0.2, -0.15) is 0 Å². The van der Waals surface area contributed by atoms with Gasteiger partial charge in [0, 0.05) is 11.1 Å². The first-order valence-electron chi connectivity index (χ1n) is 6.59. The third-order valence-electron chi connectivity index (χ3n) is 3.45. The van der Waals surface area contributed by atoms with E-state index in [0.29, 0.717) is 12.8 Å². The molecule has 1 aliphatic carbocycles. The Bertz CT molecular complexity index is 538. The van der Waals surface area contributed by atoms with Crippen LogP contribution < -0.4 is 5.32 Å². The molecule has 20 heavy (non-hydrogen) atoms. The van der Waals surface area contributed by atoms with Crippen molar-refractivity contribution in [1.82, 2.24) is 10.3 Å². The average molecular weight is 294 g/mol. The number of allylic oxidation sites excluding steroid dienone is 2. The van der Waals surface area contributed by atoms with Gasteiger partial charge < -0.3 is 10.4 Å². The molecule has 0 saturated heterocycles. The zero-order valence-electron chi connectivity index (χ0n) is 11.5. The quantitative estimate of drug-likeness (QED) is 0.835. The van der Waals surface area contributed by atoms with E-state index < -0.39 is 17.8 Å². The molecule has 1 aromatic heterocycles. The number of aliphatic carboxylic acids is 1. The van der Waals surface area contributed by atoms with Crippen molar-refractivity contribution >= 4 is 23.2 Å². The molecule has 0 aliphatic heterocycles. The first-order chi connectivity index (χ1) is 9.49. The van der Waals surface area contributed by atoms with Crippen molar-refractivity contribution in [3.05, 3.63) is 28.2 Å². The number of hydrogen-bond donors (Lipinski definition) is 2. The highest BCUT2D eigenvalue weighted by Crippen LogP contribution is 2.27. The second kappa shape index (κ2) is 6.17. The number of carboxylic acid groups (broad SMARTS) is 1. The van der Waals surface area contributed by atoms with E-state index in [1.807, 2.05) is 26.0 Å². The number of nitrogens with zero attached hydrogens (tertiary/aromatic N) is 1. The minimum Gasteiger partial charge on any atom is -0.481 e. The Kier molecular flexibility index (Phi) is 4.54. The fourth-order valence-electron chi connectivity index (χ4n) is 2.33. The highest BCUT2D eigenvalue weighted by Gasteiger charge is 2.34. The molecule has 1 amide bonds. The summed E-state index contributed by atoms with van der Waals surface area (Å²) < 4.78 is 0. The lowest BCUT2D eigenvalue weighted by Gasteiger charge is -2.25. The number of amides is 1. The number of nitrogens with one attached hydrogen (secondary N) is 1. The molecule has 1 unspecified atom stereocenters. The Morgan fingerprint density at radius 2 is 2.05 bits per heavy atom. The molecule has 0 saturated carbocycles. The summed E-state index contributed by atoms with van der Waals surface area (Å²) in [7, 11) is 0. The van der Waals surface area contributed by atoms with Gasteiger partial charge in [-0.15, -0.1) is 11.3 Å². The highest BCUT2D eigenvalue weighted by molar-refractivity contribution is 7.11. The smallest absolute Gasteiger partial charge is 0.307 e. The molecule has 2 rings (SSSR count). The molecule has 1 aromatic rings. The van der Waals surface area contributed by atoms with Gasteiger partial charge in [-0.25, -0.2) is 4.98 Å². The van der Waals surface area contributed by atoms with E-state index in [4.69, 9.17) is 0 Å². The van der Waals surface area contributed by atoms with Crippen LogP contribution in [0.2, 0.25) is 0 Å². The molecule has 0 aromatic carbocycles. The van der Waals surface area contributed by atoms with Gasteiger partial charge >= 0.3 is 5.97 Å². The van der Waals surface area contributed by atoms with Gasteiger partial charge in [0.2, 0.25) is 5.91 Å². The number of carbonyl (C=O) groups excluding carboxylic acids is 1. The Morgan fingerprint density at radius 1 is 1.40 bits per heavy atom. The summed E-state index contributed by atoms with van der Waals surface area (Å²) in [4.78, 5) is 28.8. The molecular formula is C14H18N2O3S. The van der Waals surface area contributed by atoms with Crippen molar-refractivity contribution in [3.8, 4) is 0 Å². The summed E-state index contributed by atoms with van der Waals surface area (Å²) in [5.74, 6) is -2.25. The molecule has 6 heteroatoms. The molecule has 1 heterocycles. The number of thiazole rings is 1. The number of hydrogen-bond acceptors (Lipinski definition) is 4. The van der Waals surface area contributed by atoms with Crippen LogP contribution in [0.25, 0.3) is 0 Å². The average Bonchev–Trinajstić information content (AvgIpc) is 2.85. The molecule has 108 valence electrons. The summed E-state index contributed by atoms with van der Waals surface area (Å²) in [6, 6.07) is -0.193. The van der Waals surface area contributed by atoms with Crippen LogP contribution in [-0.4, -0.2) is 22.0 Å². The lowest BCUT2D eigenvalue weighted by atomic mass is 9.82. The van der Waals surface area contributed by atoms with E-state index in [-0.39, 0.29) is 11.9 Å². The van der Waals surface area contributed by atoms with Crippen molar-refractivity contribution in [2.45, 2.75) is 32.7 Å². The summed E-state index contributed by atoms with van der Waals surface area (Å²) >= 11 is 1.54. The molecule has 0 spiro atoms. The van der Waals surface area contributed by atoms with Crippen molar-refractivity contribution in [2.24, 2.45) is 11.8 Å². The van der Waals surface area contributed by atoms with Gasteiger partial charge in [-0.1, -0.05) is 12.2 Å². The number of aromatic nitrogens is 1. The lowest BCUT2D eigenvalue weighted by Crippen LogP contribution is -2.39. The van der Waals surface area contributed by atoms with Crippen LogP contribution >= 0.6 is 11.3 Å². The molecule has 0 radical (unpaired) electrons. The van der Waals surface area contributed by atoms with E-state index >= 15 is 0 Å². The second-order valence-corrected chi connectivity index (χ2v) is 6.30. The Balaban J connectivity index is 2.03. The molecule has 3 atom stereocenters. The predicted molar refractivity (Wildman–Crippen MR) is 76.4 cm³/mol. The second-order valence-electron chi connectivity index (χ2n) is 5.03. The lowest BCUT2D eigenvalue weighted by molar-refractivity contribution is -0.147. The summed E-state index contributed by atoms with van der Waals surface area (Å²) in [5.41, 5.74) is 0. The molecular weight excluding hydrogens is 276 g/mol. The fourth-order valence-corrected chi connectivity index (χ4v) is 3.11. The van der Waals surface area contributed by atoms with Crippen molar-refractivity contribution in [3.63, 3.8) is 0 Å². The van der Waals surface area contributed by atoms with Gasteiger partial charge in [-0.05, 0) is 26.7 Å². The minimum atomic E-state index is -0.910. The zero-order chi connectivity index (χ0) is 14.7. The topological polar surface area (TPSA) is 79.3 Å². The number of carbonyl (C=O) groups is 2. The maximum absolute atomic E-state index is 12.3. The third kappa shape index (κ3) is 3.25. The maximum atomic E-state index is 12.3. The van der Waals surface area contributed by atoms with Crippen molar-refractivity contribution in [2.75, 3.05) is 0 Å². The normalized spacial score (nSPS) is 23.3. The van der Waals surface area contributed by atoms with E-state index in [0.717, 1.165) is 9.88 Å². The fraction of sp³-hybridized carbons (Fsp3) is 0.500. The van der Waals surface area contributed by atoms with Crippen molar-refractivity contribution in [1.29, 1.82) is 0 Å². The largest absolute Gasteiger partial charge is 0.481 e. The van der Waals surface area contributed by atoms with Gasteiger partial charge in [0.1, 0.15) is 5.01 Å². The third-order valence-corrected chi connectivity index (χ3v) is 4.55. The SMILES string of the molecule is Cc1cnc(C(C)NC(=O)[C@@H]2CC=CC[C@@H]2C(=O)O)s1. The summed E-state index contributed by atoms with van der Waals surface area (Å²) in [6.45, 7) is 3.83. The van der Waals surface area contributed by atoms with Crippen LogP contribution in [0.4, 0.5) is 0 Å². The maximum Gasteiger partial charge on any atom is 0.307 e. The van der Waals surface area contributed by atoms with Gasteiger partial charge in [-0.3, -0.25) is 9.59 Å². The predicted octanol–water partition coefficient (Wildman–Crippen LogP) is 2.30. The number of rotatable bonds is 4. The minimum absolute atomic E-state index is 0.193. The monoisotopic (exact) mass is 294 g/mol. The Morgan fingerprint density at radius 3 is 2.60 bits per heavy atom. The van der Waals surface area contributed by atoms with Gasteiger partial charge in [0.05, 0.1) is 17.9 Å². The Hall–Kier alpha value is -1.69. The number of aryl methyl sites for hydroxylation is 1. The first-order valence-corrected chi connectivity index (χ1v) is 7.41. The molecule has 5 nitrogen and oxygen atoms in total. The van der Waals surface area contributed by atoms with Crippen molar-refractivity contribution < 1.29 is 14.7 Å². The zero-order valence-corrected chi connectivity index (χ0v) is 12.3. The molecule has 2 N–H and O–H groups in total.